The van der Waals surface area contributed by atoms with Crippen LogP contribution in [0.1, 0.15) is 37.0 Å². The summed E-state index contributed by atoms with van der Waals surface area (Å²) in [4.78, 5) is 18.2. The first-order chi connectivity index (χ1) is 7.92. The van der Waals surface area contributed by atoms with Crippen molar-refractivity contribution in [3.05, 3.63) is 17.8 Å². The van der Waals surface area contributed by atoms with Gasteiger partial charge in [-0.3, -0.25) is 4.79 Å². The van der Waals surface area contributed by atoms with Gasteiger partial charge >= 0.3 is 0 Å². The summed E-state index contributed by atoms with van der Waals surface area (Å²) in [6.45, 7) is 8.82. The van der Waals surface area contributed by atoms with Crippen LogP contribution in [0.4, 0.5) is 0 Å². The van der Waals surface area contributed by atoms with Crippen LogP contribution in [0.15, 0.2) is 10.8 Å². The molecule has 0 radical (unpaired) electrons. The molecule has 5 nitrogen and oxygen atoms in total. The zero-order valence-electron chi connectivity index (χ0n) is 10.7. The van der Waals surface area contributed by atoms with Gasteiger partial charge in [-0.1, -0.05) is 0 Å². The topological polar surface area (TPSA) is 55.6 Å². The first-order valence-electron chi connectivity index (χ1n) is 5.75. The second-order valence-electron chi connectivity index (χ2n) is 5.11. The van der Waals surface area contributed by atoms with E-state index in [4.69, 9.17) is 9.15 Å². The SMILES string of the molecule is Cc1ocnc1C(=O)N1CC(C)OCC1(C)C. The Morgan fingerprint density at radius 2 is 2.29 bits per heavy atom. The molecule has 0 aromatic carbocycles. The highest BCUT2D eigenvalue weighted by atomic mass is 16.5. The molecule has 2 rings (SSSR count). The summed E-state index contributed by atoms with van der Waals surface area (Å²) in [5.41, 5.74) is 0.0850. The Morgan fingerprint density at radius 3 is 2.88 bits per heavy atom. The van der Waals surface area contributed by atoms with Crippen LogP contribution in [0.3, 0.4) is 0 Å². The molecule has 1 fully saturated rings. The Morgan fingerprint density at radius 1 is 1.59 bits per heavy atom. The van der Waals surface area contributed by atoms with Gasteiger partial charge in [-0.25, -0.2) is 4.98 Å². The third kappa shape index (κ3) is 2.20. The van der Waals surface area contributed by atoms with E-state index in [0.29, 0.717) is 24.6 Å². The summed E-state index contributed by atoms with van der Waals surface area (Å²) in [5, 5.41) is 0. The Balaban J connectivity index is 2.26. The number of amides is 1. The lowest BCUT2D eigenvalue weighted by Gasteiger charge is -2.44. The van der Waals surface area contributed by atoms with Gasteiger partial charge in [0.15, 0.2) is 12.1 Å². The van der Waals surface area contributed by atoms with Crippen LogP contribution in [-0.4, -0.2) is 40.6 Å². The van der Waals surface area contributed by atoms with Crippen molar-refractivity contribution in [3.63, 3.8) is 0 Å². The van der Waals surface area contributed by atoms with E-state index >= 15 is 0 Å². The van der Waals surface area contributed by atoms with E-state index in [1.54, 1.807) is 6.92 Å². The third-order valence-electron chi connectivity index (χ3n) is 3.08. The molecule has 0 N–H and O–H groups in total. The van der Waals surface area contributed by atoms with Gasteiger partial charge in [-0.15, -0.1) is 0 Å². The normalized spacial score (nSPS) is 23.8. The van der Waals surface area contributed by atoms with Gasteiger partial charge in [0.2, 0.25) is 0 Å². The molecule has 94 valence electrons. The van der Waals surface area contributed by atoms with Crippen LogP contribution in [0.25, 0.3) is 0 Å². The second-order valence-corrected chi connectivity index (χ2v) is 5.11. The molecular weight excluding hydrogens is 220 g/mol. The molecule has 1 aliphatic heterocycles. The zero-order valence-corrected chi connectivity index (χ0v) is 10.7. The van der Waals surface area contributed by atoms with Crippen molar-refractivity contribution in [2.45, 2.75) is 39.3 Å². The van der Waals surface area contributed by atoms with Crippen molar-refractivity contribution in [1.29, 1.82) is 0 Å². The Hall–Kier alpha value is -1.36. The molecule has 2 heterocycles. The first-order valence-corrected chi connectivity index (χ1v) is 5.75. The third-order valence-corrected chi connectivity index (χ3v) is 3.08. The Labute approximate surface area is 101 Å². The number of hydrogen-bond donors (Lipinski definition) is 0. The number of carbonyl (C=O) groups excluding carboxylic acids is 1. The molecular formula is C12H18N2O3. The molecule has 0 spiro atoms. The predicted octanol–water partition coefficient (Wildman–Crippen LogP) is 1.62. The molecule has 1 aromatic rings. The average Bonchev–Trinajstić information content (AvgIpc) is 2.67. The number of rotatable bonds is 1. The fourth-order valence-electron chi connectivity index (χ4n) is 1.98. The molecule has 5 heteroatoms. The minimum Gasteiger partial charge on any atom is -0.448 e. The van der Waals surface area contributed by atoms with Crippen molar-refractivity contribution >= 4 is 5.91 Å². The average molecular weight is 238 g/mol. The maximum Gasteiger partial charge on any atom is 0.276 e. The molecule has 1 unspecified atom stereocenters. The molecule has 0 aliphatic carbocycles. The fraction of sp³-hybridized carbons (Fsp3) is 0.667. The smallest absolute Gasteiger partial charge is 0.276 e. The summed E-state index contributed by atoms with van der Waals surface area (Å²) in [5.74, 6) is 0.473. The van der Waals surface area contributed by atoms with Crippen molar-refractivity contribution in [3.8, 4) is 0 Å². The maximum absolute atomic E-state index is 12.4. The van der Waals surface area contributed by atoms with Gasteiger partial charge in [-0.2, -0.15) is 0 Å². The second kappa shape index (κ2) is 4.14. The number of nitrogens with zero attached hydrogens (tertiary/aromatic N) is 2. The predicted molar refractivity (Wildman–Crippen MR) is 61.8 cm³/mol. The lowest BCUT2D eigenvalue weighted by atomic mass is 10.0. The van der Waals surface area contributed by atoms with Crippen LogP contribution in [-0.2, 0) is 4.74 Å². The summed E-state index contributed by atoms with van der Waals surface area (Å²) < 4.78 is 10.7. The highest BCUT2D eigenvalue weighted by Crippen LogP contribution is 2.24. The summed E-state index contributed by atoms with van der Waals surface area (Å²) in [7, 11) is 0. The van der Waals surface area contributed by atoms with Crippen molar-refractivity contribution < 1.29 is 13.9 Å². The summed E-state index contributed by atoms with van der Waals surface area (Å²) in [6, 6.07) is 0. The van der Waals surface area contributed by atoms with Crippen molar-refractivity contribution in [2.75, 3.05) is 13.2 Å². The van der Waals surface area contributed by atoms with E-state index in [2.05, 4.69) is 4.98 Å². The number of morpholine rings is 1. The van der Waals surface area contributed by atoms with E-state index in [9.17, 15) is 4.79 Å². The number of oxazole rings is 1. The Kier molecular flexibility index (Phi) is 2.95. The van der Waals surface area contributed by atoms with E-state index in [1.807, 2.05) is 25.7 Å². The molecule has 1 amide bonds. The zero-order chi connectivity index (χ0) is 12.6. The van der Waals surface area contributed by atoms with Gasteiger partial charge in [0.05, 0.1) is 18.2 Å². The Bertz CT molecular complexity index is 425. The number of ether oxygens (including phenoxy) is 1. The molecule has 1 aromatic heterocycles. The van der Waals surface area contributed by atoms with Gasteiger partial charge in [0.1, 0.15) is 5.76 Å². The summed E-state index contributed by atoms with van der Waals surface area (Å²) in [6.07, 6.45) is 1.36. The minimum atomic E-state index is -0.311. The molecule has 17 heavy (non-hydrogen) atoms. The molecule has 1 aliphatic rings. The highest BCUT2D eigenvalue weighted by Gasteiger charge is 2.38. The molecule has 1 atom stereocenters. The van der Waals surface area contributed by atoms with Gasteiger partial charge in [0, 0.05) is 6.54 Å². The highest BCUT2D eigenvalue weighted by molar-refractivity contribution is 5.93. The van der Waals surface area contributed by atoms with Crippen molar-refractivity contribution in [1.82, 2.24) is 9.88 Å². The van der Waals surface area contributed by atoms with Crippen LogP contribution in [0, 0.1) is 6.92 Å². The monoisotopic (exact) mass is 238 g/mol. The quantitative estimate of drug-likeness (QED) is 0.746. The minimum absolute atomic E-state index is 0.0548. The standard InChI is InChI=1S/C12H18N2O3/c1-8-5-14(12(3,4)6-16-8)11(15)10-9(2)17-7-13-10/h7-8H,5-6H2,1-4H3. The summed E-state index contributed by atoms with van der Waals surface area (Å²) >= 11 is 0. The lowest BCUT2D eigenvalue weighted by Crippen LogP contribution is -2.57. The fourth-order valence-corrected chi connectivity index (χ4v) is 1.98. The van der Waals surface area contributed by atoms with E-state index in [1.165, 1.54) is 6.39 Å². The van der Waals surface area contributed by atoms with Crippen LogP contribution < -0.4 is 0 Å². The van der Waals surface area contributed by atoms with Crippen molar-refractivity contribution in [2.24, 2.45) is 0 Å². The molecule has 0 bridgehead atoms. The van der Waals surface area contributed by atoms with Crippen LogP contribution in [0.2, 0.25) is 0 Å². The van der Waals surface area contributed by atoms with Gasteiger partial charge in [-0.05, 0) is 27.7 Å². The molecule has 1 saturated heterocycles. The van der Waals surface area contributed by atoms with Crippen LogP contribution >= 0.6 is 0 Å². The number of hydrogen-bond acceptors (Lipinski definition) is 4. The van der Waals surface area contributed by atoms with Gasteiger partial charge in [0.25, 0.3) is 5.91 Å². The maximum atomic E-state index is 12.4. The molecule has 0 saturated carbocycles. The number of carbonyl (C=O) groups is 1. The van der Waals surface area contributed by atoms with E-state index in [0.717, 1.165) is 0 Å². The lowest BCUT2D eigenvalue weighted by molar-refractivity contribution is -0.0757. The van der Waals surface area contributed by atoms with Gasteiger partial charge < -0.3 is 14.1 Å². The van der Waals surface area contributed by atoms with E-state index < -0.39 is 0 Å². The first kappa shape index (κ1) is 12.1. The van der Waals surface area contributed by atoms with E-state index in [-0.39, 0.29) is 17.6 Å². The number of aromatic nitrogens is 1. The number of aryl methyl sites for hydroxylation is 1. The van der Waals surface area contributed by atoms with Crippen LogP contribution in [0.5, 0.6) is 0 Å². The largest absolute Gasteiger partial charge is 0.448 e.